The molecule has 1 heterocycles. The van der Waals surface area contributed by atoms with Gasteiger partial charge in [-0.3, -0.25) is 0 Å². The van der Waals surface area contributed by atoms with Crippen LogP contribution in [0.25, 0.3) is 0 Å². The second-order valence-corrected chi connectivity index (χ2v) is 4.17. The molecule has 0 bridgehead atoms. The van der Waals surface area contributed by atoms with Gasteiger partial charge in [-0.2, -0.15) is 4.98 Å². The first-order chi connectivity index (χ1) is 9.21. The molecule has 19 heavy (non-hydrogen) atoms. The molecule has 0 aliphatic carbocycles. The fraction of sp³-hybridized carbons (Fsp3) is 0.231. The molecule has 0 amide bonds. The van der Waals surface area contributed by atoms with Crippen molar-refractivity contribution in [2.24, 2.45) is 0 Å². The maximum atomic E-state index is 9.07. The first-order valence-electron chi connectivity index (χ1n) is 5.61. The average Bonchev–Trinajstić information content (AvgIpc) is 2.38. The number of methoxy groups -OCH3 is 1. The maximum absolute atomic E-state index is 9.07. The van der Waals surface area contributed by atoms with Gasteiger partial charge in [-0.25, -0.2) is 4.98 Å². The summed E-state index contributed by atoms with van der Waals surface area (Å²) in [6.45, 7) is 0.213. The van der Waals surface area contributed by atoms with Gasteiger partial charge in [0, 0.05) is 13.2 Å². The molecule has 1 aromatic carbocycles. The average molecular weight is 281 g/mol. The third-order valence-corrected chi connectivity index (χ3v) is 2.49. The van der Waals surface area contributed by atoms with E-state index in [9.17, 15) is 0 Å². The van der Waals surface area contributed by atoms with E-state index in [2.05, 4.69) is 9.97 Å². The van der Waals surface area contributed by atoms with E-state index < -0.39 is 0 Å². The molecule has 0 fully saturated rings. The van der Waals surface area contributed by atoms with Crippen LogP contribution < -0.4 is 4.74 Å². The zero-order chi connectivity index (χ0) is 13.7. The summed E-state index contributed by atoms with van der Waals surface area (Å²) < 4.78 is 10.5. The van der Waals surface area contributed by atoms with Gasteiger partial charge in [0.2, 0.25) is 5.88 Å². The Morgan fingerprint density at radius 2 is 2.11 bits per heavy atom. The molecule has 1 N–H and O–H groups in total. The highest BCUT2D eigenvalue weighted by molar-refractivity contribution is 6.29. The summed E-state index contributed by atoms with van der Waals surface area (Å²) in [6, 6.07) is 8.61. The topological polar surface area (TPSA) is 64.5 Å². The maximum Gasteiger partial charge on any atom is 0.224 e. The minimum absolute atomic E-state index is 0.0450. The van der Waals surface area contributed by atoms with Crippen molar-refractivity contribution < 1.29 is 14.6 Å². The van der Waals surface area contributed by atoms with Crippen LogP contribution in [0.2, 0.25) is 5.15 Å². The first kappa shape index (κ1) is 13.7. The summed E-state index contributed by atoms with van der Waals surface area (Å²) in [5, 5.41) is 9.35. The predicted molar refractivity (Wildman–Crippen MR) is 70.2 cm³/mol. The third kappa shape index (κ3) is 3.89. The van der Waals surface area contributed by atoms with E-state index >= 15 is 0 Å². The molecule has 6 heteroatoms. The van der Waals surface area contributed by atoms with Gasteiger partial charge in [0.25, 0.3) is 0 Å². The van der Waals surface area contributed by atoms with Crippen LogP contribution in [0.4, 0.5) is 0 Å². The molecular formula is C13H13ClN2O3. The Labute approximate surface area is 115 Å². The third-order valence-electron chi connectivity index (χ3n) is 2.29. The molecule has 0 unspecified atom stereocenters. The molecule has 100 valence electrons. The number of benzene rings is 1. The summed E-state index contributed by atoms with van der Waals surface area (Å²) in [6.07, 6.45) is 0. The highest BCUT2D eigenvalue weighted by atomic mass is 35.5. The van der Waals surface area contributed by atoms with Crippen LogP contribution in [0.3, 0.4) is 0 Å². The number of hydrogen-bond donors (Lipinski definition) is 1. The van der Waals surface area contributed by atoms with Crippen molar-refractivity contribution in [2.75, 3.05) is 7.11 Å². The lowest BCUT2D eigenvalue weighted by molar-refractivity contribution is 0.177. The molecule has 0 radical (unpaired) electrons. The lowest BCUT2D eigenvalue weighted by atomic mass is 10.2. The first-order valence-corrected chi connectivity index (χ1v) is 5.99. The second-order valence-electron chi connectivity index (χ2n) is 3.79. The fourth-order valence-corrected chi connectivity index (χ4v) is 1.71. The van der Waals surface area contributed by atoms with E-state index in [-0.39, 0.29) is 18.4 Å². The molecule has 2 rings (SSSR count). The molecule has 0 aliphatic rings. The summed E-state index contributed by atoms with van der Waals surface area (Å²) in [5.41, 5.74) is 0.759. The molecule has 0 aliphatic heterocycles. The van der Waals surface area contributed by atoms with Crippen LogP contribution in [0, 0.1) is 0 Å². The summed E-state index contributed by atoms with van der Waals surface area (Å²) in [4.78, 5) is 8.18. The Morgan fingerprint density at radius 3 is 2.84 bits per heavy atom. The number of hydrogen-bond acceptors (Lipinski definition) is 5. The number of halogens is 1. The zero-order valence-corrected chi connectivity index (χ0v) is 11.1. The number of aliphatic hydroxyl groups is 1. The molecule has 0 saturated heterocycles. The number of aromatic nitrogens is 2. The summed E-state index contributed by atoms with van der Waals surface area (Å²) in [5.74, 6) is 1.36. The van der Waals surface area contributed by atoms with Gasteiger partial charge in [0.15, 0.2) is 5.82 Å². The second kappa shape index (κ2) is 6.47. The Hall–Kier alpha value is -1.69. The van der Waals surface area contributed by atoms with Gasteiger partial charge in [-0.15, -0.1) is 0 Å². The highest BCUT2D eigenvalue weighted by Crippen LogP contribution is 2.22. The number of rotatable bonds is 5. The van der Waals surface area contributed by atoms with Crippen molar-refractivity contribution in [2.45, 2.75) is 13.2 Å². The lowest BCUT2D eigenvalue weighted by Crippen LogP contribution is -1.99. The van der Waals surface area contributed by atoms with Crippen molar-refractivity contribution in [1.29, 1.82) is 0 Å². The smallest absolute Gasteiger partial charge is 0.224 e. The van der Waals surface area contributed by atoms with Gasteiger partial charge in [-0.05, 0) is 17.7 Å². The molecule has 5 nitrogen and oxygen atoms in total. The minimum atomic E-state index is -0.0450. The number of ether oxygens (including phenoxy) is 2. The predicted octanol–water partition coefficient (Wildman–Crippen LogP) is 2.56. The van der Waals surface area contributed by atoms with Crippen LogP contribution >= 0.6 is 11.6 Å². The SMILES string of the molecule is COCc1nc(Cl)cc(Oc2cccc(CO)c2)n1. The Balaban J connectivity index is 2.22. The van der Waals surface area contributed by atoms with E-state index in [0.717, 1.165) is 5.56 Å². The molecule has 1 aromatic heterocycles. The molecular weight excluding hydrogens is 268 g/mol. The van der Waals surface area contributed by atoms with Gasteiger partial charge in [0.05, 0.1) is 6.61 Å². The monoisotopic (exact) mass is 280 g/mol. The van der Waals surface area contributed by atoms with Crippen LogP contribution in [0.15, 0.2) is 30.3 Å². The summed E-state index contributed by atoms with van der Waals surface area (Å²) >= 11 is 5.88. The van der Waals surface area contributed by atoms with Crippen molar-refractivity contribution in [3.63, 3.8) is 0 Å². The normalized spacial score (nSPS) is 10.5. The van der Waals surface area contributed by atoms with Crippen molar-refractivity contribution in [1.82, 2.24) is 9.97 Å². The number of nitrogens with zero attached hydrogens (tertiary/aromatic N) is 2. The minimum Gasteiger partial charge on any atom is -0.439 e. The lowest BCUT2D eigenvalue weighted by Gasteiger charge is -2.07. The standard InChI is InChI=1S/C13H13ClN2O3/c1-18-8-12-15-11(14)6-13(16-12)19-10-4-2-3-9(5-10)7-17/h2-6,17H,7-8H2,1H3. The molecule has 0 spiro atoms. The molecule has 2 aromatic rings. The van der Waals surface area contributed by atoms with Gasteiger partial charge in [-0.1, -0.05) is 23.7 Å². The van der Waals surface area contributed by atoms with Crippen LogP contribution in [0.1, 0.15) is 11.4 Å². The molecule has 0 atom stereocenters. The van der Waals surface area contributed by atoms with Crippen molar-refractivity contribution in [3.05, 3.63) is 46.9 Å². The largest absolute Gasteiger partial charge is 0.439 e. The van der Waals surface area contributed by atoms with E-state index in [1.54, 1.807) is 31.4 Å². The van der Waals surface area contributed by atoms with Gasteiger partial charge in [0.1, 0.15) is 17.5 Å². The van der Waals surface area contributed by atoms with E-state index in [4.69, 9.17) is 26.2 Å². The van der Waals surface area contributed by atoms with Crippen molar-refractivity contribution in [3.8, 4) is 11.6 Å². The Bertz CT molecular complexity index is 563. The van der Waals surface area contributed by atoms with Crippen LogP contribution in [-0.2, 0) is 18.0 Å². The van der Waals surface area contributed by atoms with E-state index in [0.29, 0.717) is 17.5 Å². The Morgan fingerprint density at radius 1 is 1.26 bits per heavy atom. The Kier molecular flexibility index (Phi) is 4.68. The van der Waals surface area contributed by atoms with Gasteiger partial charge < -0.3 is 14.6 Å². The fourth-order valence-electron chi connectivity index (χ4n) is 1.52. The van der Waals surface area contributed by atoms with E-state index in [1.165, 1.54) is 6.07 Å². The van der Waals surface area contributed by atoms with Gasteiger partial charge >= 0.3 is 0 Å². The van der Waals surface area contributed by atoms with Crippen molar-refractivity contribution >= 4 is 11.6 Å². The van der Waals surface area contributed by atoms with Crippen LogP contribution in [-0.4, -0.2) is 22.2 Å². The quantitative estimate of drug-likeness (QED) is 0.853. The molecule has 0 saturated carbocycles. The van der Waals surface area contributed by atoms with E-state index in [1.807, 2.05) is 0 Å². The van der Waals surface area contributed by atoms with Crippen LogP contribution in [0.5, 0.6) is 11.6 Å². The highest BCUT2D eigenvalue weighted by Gasteiger charge is 2.06. The number of aliphatic hydroxyl groups excluding tert-OH is 1. The summed E-state index contributed by atoms with van der Waals surface area (Å²) in [7, 11) is 1.55. The zero-order valence-electron chi connectivity index (χ0n) is 10.3.